The van der Waals surface area contributed by atoms with Crippen LogP contribution in [0.4, 0.5) is 0 Å². The van der Waals surface area contributed by atoms with Crippen LogP contribution in [0.15, 0.2) is 18.3 Å². The van der Waals surface area contributed by atoms with Gasteiger partial charge in [-0.3, -0.25) is 9.78 Å². The molecule has 0 aromatic carbocycles. The summed E-state index contributed by atoms with van der Waals surface area (Å²) in [5, 5.41) is 2.95. The first-order valence-corrected chi connectivity index (χ1v) is 7.19. The largest absolute Gasteiger partial charge is 0.389 e. The Kier molecular flexibility index (Phi) is 5.03. The van der Waals surface area contributed by atoms with Crippen LogP contribution in [0.3, 0.4) is 0 Å². The fourth-order valence-electron chi connectivity index (χ4n) is 2.27. The lowest BCUT2D eigenvalue weighted by Gasteiger charge is -2.28. The quantitative estimate of drug-likeness (QED) is 0.803. The van der Waals surface area contributed by atoms with E-state index >= 15 is 0 Å². The van der Waals surface area contributed by atoms with Gasteiger partial charge >= 0.3 is 0 Å². The van der Waals surface area contributed by atoms with Crippen molar-refractivity contribution in [1.29, 1.82) is 0 Å². The molecular weight excluding hydrogens is 272 g/mol. The Labute approximate surface area is 124 Å². The van der Waals surface area contributed by atoms with Gasteiger partial charge in [-0.15, -0.1) is 0 Å². The number of likely N-dealkylation sites (tertiary alicyclic amines) is 1. The van der Waals surface area contributed by atoms with E-state index < -0.39 is 0 Å². The van der Waals surface area contributed by atoms with E-state index in [1.54, 1.807) is 12.1 Å². The van der Waals surface area contributed by atoms with Crippen LogP contribution in [-0.2, 0) is 0 Å². The predicted molar refractivity (Wildman–Crippen MR) is 82.7 cm³/mol. The second-order valence-electron chi connectivity index (χ2n) is 5.25. The fraction of sp³-hybridized carbons (Fsp3) is 0.500. The van der Waals surface area contributed by atoms with Crippen molar-refractivity contribution in [3.8, 4) is 0 Å². The first kappa shape index (κ1) is 14.9. The number of thiocarbonyl (C=S) groups is 1. The van der Waals surface area contributed by atoms with Gasteiger partial charge in [-0.1, -0.05) is 12.2 Å². The van der Waals surface area contributed by atoms with Crippen LogP contribution in [0.5, 0.6) is 0 Å². The number of carbonyl (C=O) groups excluding carboxylic acids is 1. The molecule has 6 heteroatoms. The van der Waals surface area contributed by atoms with Gasteiger partial charge in [-0.25, -0.2) is 0 Å². The van der Waals surface area contributed by atoms with Gasteiger partial charge in [-0.2, -0.15) is 0 Å². The second kappa shape index (κ2) is 6.76. The summed E-state index contributed by atoms with van der Waals surface area (Å²) in [6.45, 7) is 2.91. The standard InChI is InChI=1S/C14H20N4OS/c1-18-6-4-10(5-7-18)8-17-14(19)12-3-2-11(9-16-12)13(15)20/h2-3,9-10H,4-8H2,1H3,(H2,15,20)(H,17,19). The molecular formula is C14H20N4OS. The number of carbonyl (C=O) groups is 1. The van der Waals surface area contributed by atoms with Gasteiger partial charge in [0, 0.05) is 18.3 Å². The highest BCUT2D eigenvalue weighted by Gasteiger charge is 2.17. The van der Waals surface area contributed by atoms with Gasteiger partial charge in [0.2, 0.25) is 0 Å². The molecule has 1 aromatic heterocycles. The molecule has 1 aliphatic rings. The van der Waals surface area contributed by atoms with E-state index in [0.717, 1.165) is 25.9 Å². The summed E-state index contributed by atoms with van der Waals surface area (Å²) in [4.78, 5) is 18.7. The summed E-state index contributed by atoms with van der Waals surface area (Å²) in [6, 6.07) is 3.37. The monoisotopic (exact) mass is 292 g/mol. The molecule has 0 atom stereocenters. The van der Waals surface area contributed by atoms with E-state index in [9.17, 15) is 4.79 Å². The van der Waals surface area contributed by atoms with E-state index in [4.69, 9.17) is 18.0 Å². The third kappa shape index (κ3) is 3.98. The molecule has 0 unspecified atom stereocenters. The van der Waals surface area contributed by atoms with E-state index in [1.807, 2.05) is 0 Å². The van der Waals surface area contributed by atoms with Crippen LogP contribution in [0.1, 0.15) is 28.9 Å². The van der Waals surface area contributed by atoms with Crippen molar-refractivity contribution in [2.45, 2.75) is 12.8 Å². The molecule has 0 spiro atoms. The Balaban J connectivity index is 1.84. The molecule has 1 amide bonds. The average Bonchev–Trinajstić information content (AvgIpc) is 2.46. The molecule has 1 saturated heterocycles. The Hall–Kier alpha value is -1.53. The van der Waals surface area contributed by atoms with Crippen LogP contribution in [-0.4, -0.2) is 47.5 Å². The number of hydrogen-bond donors (Lipinski definition) is 2. The highest BCUT2D eigenvalue weighted by Crippen LogP contribution is 2.14. The van der Waals surface area contributed by atoms with Crippen molar-refractivity contribution in [2.24, 2.45) is 11.7 Å². The van der Waals surface area contributed by atoms with Crippen molar-refractivity contribution in [1.82, 2.24) is 15.2 Å². The summed E-state index contributed by atoms with van der Waals surface area (Å²) >= 11 is 4.85. The maximum absolute atomic E-state index is 12.0. The molecule has 2 rings (SSSR count). The summed E-state index contributed by atoms with van der Waals surface area (Å²) in [5.74, 6) is 0.421. The first-order chi connectivity index (χ1) is 9.56. The predicted octanol–water partition coefficient (Wildman–Crippen LogP) is 0.787. The van der Waals surface area contributed by atoms with E-state index in [1.165, 1.54) is 6.20 Å². The minimum absolute atomic E-state index is 0.140. The van der Waals surface area contributed by atoms with Gasteiger partial charge in [0.15, 0.2) is 0 Å². The molecule has 20 heavy (non-hydrogen) atoms. The van der Waals surface area contributed by atoms with Crippen molar-refractivity contribution >= 4 is 23.1 Å². The van der Waals surface area contributed by atoms with E-state index in [0.29, 0.717) is 23.7 Å². The lowest BCUT2D eigenvalue weighted by atomic mass is 9.97. The molecule has 1 aromatic rings. The van der Waals surface area contributed by atoms with E-state index in [-0.39, 0.29) is 10.9 Å². The number of rotatable bonds is 4. The molecule has 0 saturated carbocycles. The zero-order chi connectivity index (χ0) is 14.5. The molecule has 108 valence electrons. The Bertz CT molecular complexity index is 480. The number of pyridine rings is 1. The minimum Gasteiger partial charge on any atom is -0.389 e. The van der Waals surface area contributed by atoms with Crippen LogP contribution in [0, 0.1) is 5.92 Å². The summed E-state index contributed by atoms with van der Waals surface area (Å²) < 4.78 is 0. The zero-order valence-electron chi connectivity index (χ0n) is 11.6. The highest BCUT2D eigenvalue weighted by molar-refractivity contribution is 7.80. The number of nitrogens with two attached hydrogens (primary N) is 1. The summed E-state index contributed by atoms with van der Waals surface area (Å²) in [7, 11) is 2.13. The maximum Gasteiger partial charge on any atom is 0.269 e. The smallest absolute Gasteiger partial charge is 0.269 e. The number of piperidine rings is 1. The summed E-state index contributed by atoms with van der Waals surface area (Å²) in [6.07, 6.45) is 3.79. The third-order valence-corrected chi connectivity index (χ3v) is 3.91. The third-order valence-electron chi connectivity index (χ3n) is 3.67. The van der Waals surface area contributed by atoms with Gasteiger partial charge < -0.3 is 16.0 Å². The fourth-order valence-corrected chi connectivity index (χ4v) is 2.39. The zero-order valence-corrected chi connectivity index (χ0v) is 12.4. The normalized spacial score (nSPS) is 16.9. The lowest BCUT2D eigenvalue weighted by molar-refractivity contribution is 0.0934. The Morgan fingerprint density at radius 3 is 2.75 bits per heavy atom. The van der Waals surface area contributed by atoms with Gasteiger partial charge in [0.05, 0.1) is 0 Å². The SMILES string of the molecule is CN1CCC(CNC(=O)c2ccc(C(N)=S)cn2)CC1. The van der Waals surface area contributed by atoms with Crippen LogP contribution >= 0.6 is 12.2 Å². The van der Waals surface area contributed by atoms with Gasteiger partial charge in [0.25, 0.3) is 5.91 Å². The first-order valence-electron chi connectivity index (χ1n) is 6.79. The van der Waals surface area contributed by atoms with Crippen molar-refractivity contribution in [3.05, 3.63) is 29.6 Å². The molecule has 1 fully saturated rings. The minimum atomic E-state index is -0.140. The topological polar surface area (TPSA) is 71.2 Å². The van der Waals surface area contributed by atoms with Gasteiger partial charge in [0.1, 0.15) is 10.7 Å². The van der Waals surface area contributed by atoms with Crippen LogP contribution in [0.2, 0.25) is 0 Å². The molecule has 3 N–H and O–H groups in total. The summed E-state index contributed by atoms with van der Waals surface area (Å²) in [5.41, 5.74) is 6.57. The molecule has 1 aliphatic heterocycles. The van der Waals surface area contributed by atoms with Crippen LogP contribution in [0.25, 0.3) is 0 Å². The number of amides is 1. The molecule has 0 aliphatic carbocycles. The maximum atomic E-state index is 12.0. The number of aromatic nitrogens is 1. The number of hydrogen-bond acceptors (Lipinski definition) is 4. The van der Waals surface area contributed by atoms with Gasteiger partial charge in [-0.05, 0) is 51.0 Å². The molecule has 5 nitrogen and oxygen atoms in total. The number of nitrogens with zero attached hydrogens (tertiary/aromatic N) is 2. The average molecular weight is 292 g/mol. The van der Waals surface area contributed by atoms with Crippen molar-refractivity contribution < 1.29 is 4.79 Å². The van der Waals surface area contributed by atoms with Crippen molar-refractivity contribution in [2.75, 3.05) is 26.7 Å². The molecule has 2 heterocycles. The van der Waals surface area contributed by atoms with Crippen LogP contribution < -0.4 is 11.1 Å². The second-order valence-corrected chi connectivity index (χ2v) is 5.69. The molecule has 0 bridgehead atoms. The Morgan fingerprint density at radius 1 is 1.50 bits per heavy atom. The number of nitrogens with one attached hydrogen (secondary N) is 1. The van der Waals surface area contributed by atoms with E-state index in [2.05, 4.69) is 22.2 Å². The highest BCUT2D eigenvalue weighted by atomic mass is 32.1. The lowest BCUT2D eigenvalue weighted by Crippen LogP contribution is -2.37. The molecule has 0 radical (unpaired) electrons. The van der Waals surface area contributed by atoms with Crippen molar-refractivity contribution in [3.63, 3.8) is 0 Å². The Morgan fingerprint density at radius 2 is 2.20 bits per heavy atom.